The molecule has 43 heavy (non-hydrogen) atoms. The van der Waals surface area contributed by atoms with Gasteiger partial charge in [-0.15, -0.1) is 0 Å². The normalized spacial score (nSPS) is 34.3. The summed E-state index contributed by atoms with van der Waals surface area (Å²) in [5, 5.41) is 0. The largest absolute Gasteiger partial charge is 2.00 e. The second-order valence-corrected chi connectivity index (χ2v) is 21.4. The van der Waals surface area contributed by atoms with E-state index < -0.39 is 22.5 Å². The first-order valence-corrected chi connectivity index (χ1v) is 21.2. The molecule has 9 nitrogen and oxygen atoms in total. The number of rotatable bonds is 6. The van der Waals surface area contributed by atoms with Crippen molar-refractivity contribution in [3.05, 3.63) is 63.7 Å². The molecule has 10 radical (unpaired) electrons. The van der Waals surface area contributed by atoms with Gasteiger partial charge in [-0.1, -0.05) is 0 Å². The molecule has 7 fully saturated rings. The smallest absolute Gasteiger partial charge is 0.241 e. The standard InChI is InChI=1S/C25H45N9P3.C5H5.Fe/c1-29-22-23-34(24-25-12-2-3-13-25)35(29)26-36(30-14-4-5-15-30,31-16-6-7-17-31)28-37(27-35,32-18-8-9-19-32)33-20-10-11-21-33;1-2-4-5-3-1;/h2-3,12-13H,4-11,14-24H2,1H3;1-5H;/q;;+2. The van der Waals surface area contributed by atoms with Gasteiger partial charge in [0.25, 0.3) is 0 Å². The van der Waals surface area contributed by atoms with Crippen LogP contribution in [0.25, 0.3) is 0 Å². The van der Waals surface area contributed by atoms with Gasteiger partial charge in [-0.25, -0.2) is 28.0 Å². The molecule has 13 heteroatoms. The molecule has 5 saturated heterocycles. The van der Waals surface area contributed by atoms with Gasteiger partial charge < -0.3 is 0 Å². The van der Waals surface area contributed by atoms with E-state index in [2.05, 4.69) is 60.8 Å². The molecule has 6 aliphatic heterocycles. The minimum atomic E-state index is -2.28. The number of likely N-dealkylation sites (N-methyl/N-ethyl adjacent to an activating group) is 1. The van der Waals surface area contributed by atoms with Crippen molar-refractivity contribution in [2.24, 2.45) is 13.5 Å². The zero-order valence-electron chi connectivity index (χ0n) is 25.9. The minimum absolute atomic E-state index is 0. The summed E-state index contributed by atoms with van der Waals surface area (Å²) >= 11 is 0. The fraction of sp³-hybridized carbons (Fsp3) is 0.667. The van der Waals surface area contributed by atoms with E-state index in [1.165, 1.54) is 57.3 Å². The Morgan fingerprint density at radius 3 is 1.23 bits per heavy atom. The van der Waals surface area contributed by atoms with Crippen LogP contribution in [-0.4, -0.2) is 107 Å². The van der Waals surface area contributed by atoms with Crippen molar-refractivity contribution < 1.29 is 17.1 Å². The van der Waals surface area contributed by atoms with Crippen molar-refractivity contribution in [1.29, 1.82) is 0 Å². The zero-order chi connectivity index (χ0) is 28.5. The Labute approximate surface area is 274 Å². The Morgan fingerprint density at radius 2 is 0.837 bits per heavy atom. The van der Waals surface area contributed by atoms with Gasteiger partial charge >= 0.3 is 17.1 Å². The molecule has 0 N–H and O–H groups in total. The maximum atomic E-state index is 6.22. The van der Waals surface area contributed by atoms with E-state index in [0.29, 0.717) is 0 Å². The van der Waals surface area contributed by atoms with Crippen LogP contribution >= 0.6 is 22.5 Å². The van der Waals surface area contributed by atoms with Gasteiger partial charge in [0.1, 0.15) is 0 Å². The molecular weight excluding hydrogens is 635 g/mol. The summed E-state index contributed by atoms with van der Waals surface area (Å²) in [6, 6.07) is 0. The maximum Gasteiger partial charge on any atom is 2.00 e. The van der Waals surface area contributed by atoms with Crippen LogP contribution < -0.4 is 0 Å². The van der Waals surface area contributed by atoms with Gasteiger partial charge in [0.05, 0.1) is 0 Å². The Morgan fingerprint density at radius 1 is 0.488 bits per heavy atom. The van der Waals surface area contributed by atoms with Gasteiger partial charge in [-0.3, -0.25) is 0 Å². The van der Waals surface area contributed by atoms with Crippen molar-refractivity contribution in [2.75, 3.05) is 79.0 Å². The van der Waals surface area contributed by atoms with Gasteiger partial charge in [-0.05, 0) is 122 Å². The van der Waals surface area contributed by atoms with Gasteiger partial charge in [0.2, 0.25) is 22.5 Å². The van der Waals surface area contributed by atoms with Crippen molar-refractivity contribution >= 4 is 22.5 Å². The topological polar surface area (TPSA) is 56.5 Å². The quantitative estimate of drug-likeness (QED) is 0.224. The predicted octanol–water partition coefficient (Wildman–Crippen LogP) is 6.89. The third-order valence-electron chi connectivity index (χ3n) is 9.74. The van der Waals surface area contributed by atoms with Crippen LogP contribution in [-0.2, 0) is 17.1 Å². The fourth-order valence-electron chi connectivity index (χ4n) is 7.44. The first-order chi connectivity index (χ1) is 20.6. The second kappa shape index (κ2) is 15.0. The van der Waals surface area contributed by atoms with Crippen LogP contribution in [0.4, 0.5) is 0 Å². The SMILES string of the molecule is CN1CCN(C[C]2[CH][CH][CH][CH]2)P12=NP(N1CCCC1)(N1CCCC1)=NP(N1CCCC1)(N1CCCC1)=N2.[CH]1[CH][CH][CH][CH]1.[Fe+2]. The third-order valence-corrected chi connectivity index (χ3v) is 22.4. The second-order valence-electron chi connectivity index (χ2n) is 12.5. The van der Waals surface area contributed by atoms with E-state index in [0.717, 1.165) is 72.0 Å². The summed E-state index contributed by atoms with van der Waals surface area (Å²) in [5.41, 5.74) is 0. The molecule has 2 aliphatic carbocycles. The van der Waals surface area contributed by atoms with Crippen molar-refractivity contribution in [3.63, 3.8) is 0 Å². The summed E-state index contributed by atoms with van der Waals surface area (Å²) in [7, 11) is -4.42. The van der Waals surface area contributed by atoms with E-state index in [4.69, 9.17) is 13.5 Å². The van der Waals surface area contributed by atoms with Gasteiger partial charge in [0, 0.05) is 72.0 Å². The Bertz CT molecular complexity index is 1000. The first-order valence-electron chi connectivity index (χ1n) is 16.4. The molecule has 8 rings (SSSR count). The zero-order valence-corrected chi connectivity index (χ0v) is 29.6. The molecule has 2 saturated carbocycles. The molecule has 8 aliphatic rings. The van der Waals surface area contributed by atoms with Crippen molar-refractivity contribution in [2.45, 2.75) is 51.4 Å². The molecule has 1 spiro atoms. The van der Waals surface area contributed by atoms with Crippen molar-refractivity contribution in [1.82, 2.24) is 28.0 Å². The van der Waals surface area contributed by atoms with E-state index in [-0.39, 0.29) is 17.1 Å². The van der Waals surface area contributed by atoms with Gasteiger partial charge in [0.15, 0.2) is 0 Å². The number of nitrogens with zero attached hydrogens (tertiary/aromatic N) is 9. The van der Waals surface area contributed by atoms with Crippen LogP contribution in [0.3, 0.4) is 0 Å². The summed E-state index contributed by atoms with van der Waals surface area (Å²) in [4.78, 5) is 0. The first kappa shape index (κ1) is 33.9. The molecule has 0 aromatic heterocycles. The summed E-state index contributed by atoms with van der Waals surface area (Å²) in [6.45, 7) is 12.3. The Balaban J connectivity index is 0.000000500. The third kappa shape index (κ3) is 6.67. The van der Waals surface area contributed by atoms with E-state index in [1.807, 2.05) is 32.1 Å². The summed E-state index contributed by atoms with van der Waals surface area (Å²) < 4.78 is 35.0. The van der Waals surface area contributed by atoms with Gasteiger partial charge in [-0.2, -0.15) is 13.5 Å². The molecule has 6 heterocycles. The Kier molecular flexibility index (Phi) is 11.8. The van der Waals surface area contributed by atoms with E-state index >= 15 is 0 Å². The molecule has 0 aromatic carbocycles. The molecular formula is C30H50FeN9P3+2. The average molecular weight is 686 g/mol. The molecule has 236 valence electrons. The monoisotopic (exact) mass is 685 g/mol. The predicted molar refractivity (Wildman–Crippen MR) is 177 cm³/mol. The van der Waals surface area contributed by atoms with Crippen LogP contribution in [0.15, 0.2) is 13.5 Å². The van der Waals surface area contributed by atoms with Crippen LogP contribution in [0.2, 0.25) is 0 Å². The van der Waals surface area contributed by atoms with E-state index in [9.17, 15) is 0 Å². The van der Waals surface area contributed by atoms with E-state index in [1.54, 1.807) is 0 Å². The molecule has 0 bridgehead atoms. The van der Waals surface area contributed by atoms with Crippen molar-refractivity contribution in [3.8, 4) is 0 Å². The van der Waals surface area contributed by atoms with Crippen LogP contribution in [0.1, 0.15) is 51.4 Å². The maximum absolute atomic E-state index is 6.22. The fourth-order valence-corrected chi connectivity index (χ4v) is 23.8. The Hall–Kier alpha value is 0.969. The van der Waals surface area contributed by atoms with Crippen LogP contribution in [0, 0.1) is 63.7 Å². The number of hydrogen-bond donors (Lipinski definition) is 0. The average Bonchev–Trinajstić information content (AvgIpc) is 3.85. The number of hydrogen-bond acceptors (Lipinski definition) is 9. The molecule has 1 unspecified atom stereocenters. The summed E-state index contributed by atoms with van der Waals surface area (Å²) in [5.74, 6) is 1.40. The van der Waals surface area contributed by atoms with Crippen LogP contribution in [0.5, 0.6) is 0 Å². The molecule has 0 amide bonds. The minimum Gasteiger partial charge on any atom is -0.241 e. The molecule has 1 atom stereocenters. The summed E-state index contributed by atoms with van der Waals surface area (Å²) in [6.07, 6.45) is 29.2. The molecule has 0 aromatic rings.